The lowest BCUT2D eigenvalue weighted by Gasteiger charge is -2.32. The van der Waals surface area contributed by atoms with E-state index in [1.165, 1.54) is 19.1 Å². The Morgan fingerprint density at radius 2 is 1.74 bits per heavy atom. The number of carbonyl (C=O) groups is 1. The largest absolute Gasteiger partial charge is 0.491 e. The zero-order valence-corrected chi connectivity index (χ0v) is 16.6. The van der Waals surface area contributed by atoms with Crippen LogP contribution in [0.3, 0.4) is 0 Å². The molecule has 0 aromatic heterocycles. The second kappa shape index (κ2) is 7.60. The van der Waals surface area contributed by atoms with E-state index in [2.05, 4.69) is 0 Å². The van der Waals surface area contributed by atoms with Gasteiger partial charge in [0, 0.05) is 18.2 Å². The van der Waals surface area contributed by atoms with E-state index in [-0.39, 0.29) is 16.4 Å². The van der Waals surface area contributed by atoms with Gasteiger partial charge in [-0.05, 0) is 39.2 Å². The Morgan fingerprint density at radius 3 is 2.22 bits per heavy atom. The lowest BCUT2D eigenvalue weighted by Crippen LogP contribution is -2.41. The molecule has 1 aromatic rings. The molecule has 148 valence electrons. The van der Waals surface area contributed by atoms with E-state index >= 15 is 0 Å². The molecule has 1 fully saturated rings. The normalized spacial score (nSPS) is 19.4. The van der Waals surface area contributed by atoms with Crippen molar-refractivity contribution in [2.75, 3.05) is 5.75 Å². The molecule has 27 heavy (non-hydrogen) atoms. The molecule has 0 N–H and O–H groups in total. The molecule has 9 heteroatoms. The number of carbonyl (C=O) groups excluding carboxylic acids is 1. The average Bonchev–Trinajstić information content (AvgIpc) is 2.71. The van der Waals surface area contributed by atoms with E-state index in [4.69, 9.17) is 9.31 Å². The van der Waals surface area contributed by atoms with Crippen molar-refractivity contribution < 1.29 is 31.7 Å². The number of alkyl halides is 3. The van der Waals surface area contributed by atoms with E-state index in [0.717, 1.165) is 17.8 Å². The zero-order chi connectivity index (χ0) is 20.6. The lowest BCUT2D eigenvalue weighted by molar-refractivity contribution is -0.140. The Morgan fingerprint density at radius 1 is 1.19 bits per heavy atom. The summed E-state index contributed by atoms with van der Waals surface area (Å²) in [7, 11) is -0.893. The standard InChI is InChI=1S/C18H21BF4O3S/c1-11(24)27-10-13(19-25-16(2,3)17(4,5)26-19)9-12-7-6-8-14(15(12)20)18(21,22)23/h6-9H,10H2,1-5H3. The van der Waals surface area contributed by atoms with Crippen LogP contribution >= 0.6 is 11.8 Å². The molecular formula is C18H21BF4O3S. The molecule has 3 nitrogen and oxygen atoms in total. The number of hydrogen-bond donors (Lipinski definition) is 0. The molecule has 0 unspecified atom stereocenters. The first-order chi connectivity index (χ1) is 12.2. The molecular weight excluding hydrogens is 383 g/mol. The Kier molecular flexibility index (Phi) is 6.19. The molecule has 0 saturated carbocycles. The third kappa shape index (κ3) is 4.94. The van der Waals surface area contributed by atoms with Gasteiger partial charge in [0.1, 0.15) is 5.82 Å². The first kappa shape index (κ1) is 22.0. The minimum absolute atomic E-state index is 0.113. The molecule has 0 spiro atoms. The quantitative estimate of drug-likeness (QED) is 0.515. The van der Waals surface area contributed by atoms with Gasteiger partial charge < -0.3 is 9.31 Å². The van der Waals surface area contributed by atoms with Gasteiger partial charge >= 0.3 is 13.3 Å². The third-order valence-electron chi connectivity index (χ3n) is 4.67. The number of rotatable bonds is 4. The summed E-state index contributed by atoms with van der Waals surface area (Å²) in [5.41, 5.74) is -2.55. The van der Waals surface area contributed by atoms with Gasteiger partial charge in [-0.2, -0.15) is 13.2 Å². The topological polar surface area (TPSA) is 35.5 Å². The van der Waals surface area contributed by atoms with Crippen LogP contribution in [-0.2, 0) is 20.3 Å². The SMILES string of the molecule is CC(=O)SCC(=Cc1cccc(C(F)(F)F)c1F)B1OC(C)(C)C(C)(C)O1. The van der Waals surface area contributed by atoms with E-state index in [9.17, 15) is 22.4 Å². The van der Waals surface area contributed by atoms with Crippen LogP contribution in [0.1, 0.15) is 45.7 Å². The molecule has 1 aliphatic rings. The van der Waals surface area contributed by atoms with Gasteiger partial charge in [0.15, 0.2) is 5.12 Å². The maximum Gasteiger partial charge on any atom is 0.491 e. The summed E-state index contributed by atoms with van der Waals surface area (Å²) in [6.07, 6.45) is -3.53. The van der Waals surface area contributed by atoms with Gasteiger partial charge in [-0.15, -0.1) is 0 Å². The molecule has 1 heterocycles. The van der Waals surface area contributed by atoms with Crippen LogP contribution in [0.2, 0.25) is 0 Å². The van der Waals surface area contributed by atoms with Gasteiger partial charge in [-0.1, -0.05) is 30.0 Å². The first-order valence-corrected chi connectivity index (χ1v) is 9.28. The van der Waals surface area contributed by atoms with Crippen LogP contribution < -0.4 is 0 Å². The van der Waals surface area contributed by atoms with Crippen molar-refractivity contribution in [3.63, 3.8) is 0 Å². The van der Waals surface area contributed by atoms with Crippen LogP contribution in [0, 0.1) is 5.82 Å². The summed E-state index contributed by atoms with van der Waals surface area (Å²) in [4.78, 5) is 11.4. The van der Waals surface area contributed by atoms with E-state index in [0.29, 0.717) is 11.5 Å². The smallest absolute Gasteiger partial charge is 0.400 e. The zero-order valence-electron chi connectivity index (χ0n) is 15.7. The van der Waals surface area contributed by atoms with Crippen LogP contribution in [0.5, 0.6) is 0 Å². The summed E-state index contributed by atoms with van der Waals surface area (Å²) in [5.74, 6) is -1.26. The second-order valence-corrected chi connectivity index (χ2v) is 8.45. The Bertz CT molecular complexity index is 743. The predicted octanol–water partition coefficient (Wildman–Crippen LogP) is 5.14. The van der Waals surface area contributed by atoms with Gasteiger partial charge in [-0.25, -0.2) is 4.39 Å². The molecule has 2 rings (SSSR count). The highest BCUT2D eigenvalue weighted by Crippen LogP contribution is 2.40. The fourth-order valence-electron chi connectivity index (χ4n) is 2.44. The van der Waals surface area contributed by atoms with Crippen LogP contribution in [0.25, 0.3) is 6.08 Å². The minimum Gasteiger partial charge on any atom is -0.400 e. The molecule has 0 bridgehead atoms. The lowest BCUT2D eigenvalue weighted by atomic mass is 9.78. The molecule has 1 saturated heterocycles. The predicted molar refractivity (Wildman–Crippen MR) is 98.6 cm³/mol. The van der Waals surface area contributed by atoms with Gasteiger partial charge in [0.25, 0.3) is 0 Å². The van der Waals surface area contributed by atoms with Crippen molar-refractivity contribution >= 4 is 30.1 Å². The number of halogens is 4. The van der Waals surface area contributed by atoms with Crippen molar-refractivity contribution in [3.8, 4) is 0 Å². The summed E-state index contributed by atoms with van der Waals surface area (Å²) in [5, 5.41) is -0.179. The molecule has 0 atom stereocenters. The van der Waals surface area contributed by atoms with Crippen molar-refractivity contribution in [1.29, 1.82) is 0 Å². The van der Waals surface area contributed by atoms with Crippen LogP contribution in [0.15, 0.2) is 23.7 Å². The van der Waals surface area contributed by atoms with Crippen molar-refractivity contribution in [1.82, 2.24) is 0 Å². The number of hydrogen-bond acceptors (Lipinski definition) is 4. The van der Waals surface area contributed by atoms with Gasteiger partial charge in [-0.3, -0.25) is 4.79 Å². The second-order valence-electron chi connectivity index (χ2n) is 7.29. The Balaban J connectivity index is 2.45. The highest BCUT2D eigenvalue weighted by Gasteiger charge is 2.52. The minimum atomic E-state index is -4.80. The van der Waals surface area contributed by atoms with Crippen molar-refractivity contribution in [2.45, 2.75) is 52.0 Å². The maximum absolute atomic E-state index is 14.4. The Hall–Kier alpha value is -1.32. The molecule has 0 radical (unpaired) electrons. The monoisotopic (exact) mass is 404 g/mol. The third-order valence-corrected chi connectivity index (χ3v) is 5.56. The first-order valence-electron chi connectivity index (χ1n) is 8.30. The van der Waals surface area contributed by atoms with E-state index in [1.807, 2.05) is 27.7 Å². The fraction of sp³-hybridized carbons (Fsp3) is 0.500. The summed E-state index contributed by atoms with van der Waals surface area (Å²) >= 11 is 0.949. The van der Waals surface area contributed by atoms with Gasteiger partial charge in [0.05, 0.1) is 16.8 Å². The molecule has 0 aliphatic carbocycles. The van der Waals surface area contributed by atoms with E-state index < -0.39 is 35.9 Å². The highest BCUT2D eigenvalue weighted by molar-refractivity contribution is 8.13. The Labute approximate surface area is 160 Å². The van der Waals surface area contributed by atoms with Crippen LogP contribution in [-0.4, -0.2) is 29.2 Å². The van der Waals surface area contributed by atoms with E-state index in [1.54, 1.807) is 0 Å². The number of benzene rings is 1. The summed E-state index contributed by atoms with van der Waals surface area (Å²) in [6.45, 7) is 8.68. The molecule has 0 amide bonds. The average molecular weight is 404 g/mol. The maximum atomic E-state index is 14.4. The molecule has 1 aromatic carbocycles. The van der Waals surface area contributed by atoms with Crippen molar-refractivity contribution in [2.24, 2.45) is 0 Å². The highest BCUT2D eigenvalue weighted by atomic mass is 32.2. The summed E-state index contributed by atoms with van der Waals surface area (Å²) < 4.78 is 65.1. The number of thioether (sulfide) groups is 1. The summed E-state index contributed by atoms with van der Waals surface area (Å²) in [6, 6.07) is 3.07. The van der Waals surface area contributed by atoms with Crippen molar-refractivity contribution in [3.05, 3.63) is 40.6 Å². The fourth-order valence-corrected chi connectivity index (χ4v) is 3.03. The van der Waals surface area contributed by atoms with Gasteiger partial charge in [0.2, 0.25) is 0 Å². The van der Waals surface area contributed by atoms with Crippen LogP contribution in [0.4, 0.5) is 17.6 Å². The molecule has 1 aliphatic heterocycles.